The van der Waals surface area contributed by atoms with Crippen molar-refractivity contribution in [2.24, 2.45) is 0 Å². The zero-order valence-corrected chi connectivity index (χ0v) is 12.7. The third-order valence-corrected chi connectivity index (χ3v) is 0. The van der Waals surface area contributed by atoms with Crippen molar-refractivity contribution in [3.8, 4) is 0 Å². The van der Waals surface area contributed by atoms with E-state index in [9.17, 15) is 0 Å². The van der Waals surface area contributed by atoms with Crippen molar-refractivity contribution in [2.45, 2.75) is 0 Å². The summed E-state index contributed by atoms with van der Waals surface area (Å²) in [6.07, 6.45) is 0. The van der Waals surface area contributed by atoms with Gasteiger partial charge in [0, 0.05) is 0 Å². The third kappa shape index (κ3) is 10000. The van der Waals surface area contributed by atoms with Gasteiger partial charge < -0.3 is 115 Å². The molecule has 0 spiro atoms. The second-order valence-electron chi connectivity index (χ2n) is 1.39. The van der Waals surface area contributed by atoms with Gasteiger partial charge in [-0.1, -0.05) is 0 Å². The van der Waals surface area contributed by atoms with Gasteiger partial charge in [0.1, 0.15) is 0 Å². The van der Waals surface area contributed by atoms with Crippen LogP contribution in [0.5, 0.6) is 0 Å². The van der Waals surface area contributed by atoms with E-state index in [1.54, 1.807) is 0 Å². The molecule has 0 aromatic carbocycles. The normalized spacial score (nSPS) is 3.86. The summed E-state index contributed by atoms with van der Waals surface area (Å²) in [4.78, 5) is 0. The molecule has 0 aliphatic rings. The van der Waals surface area contributed by atoms with Gasteiger partial charge in [0.15, 0.2) is 0 Å². The van der Waals surface area contributed by atoms with E-state index in [0.717, 1.165) is 0 Å². The van der Waals surface area contributed by atoms with Crippen LogP contribution in [0.15, 0.2) is 0 Å². The predicted octanol–water partition coefficient (Wildman–Crippen LogP) is -17.8. The Morgan fingerprint density at radius 2 is 0.214 bits per heavy atom. The van der Waals surface area contributed by atoms with Crippen LogP contribution in [0.25, 0.3) is 0 Å². The molecule has 28 heavy (non-hydrogen) atoms. The standard InChI is InChI=1S/4BH3O3.2Na.10H2O.2H/c4*2-1(3)4;;;;;;;;;;;;;;/h4*2-4H;;;10*1H2;;. The fourth-order valence-corrected chi connectivity index (χ4v) is 0. The van der Waals surface area contributed by atoms with Gasteiger partial charge in [-0.15, -0.1) is 0 Å². The Bertz CT molecular complexity index is 69.5. The average molecular weight is 475 g/mol. The van der Waals surface area contributed by atoms with Crippen LogP contribution in [0.1, 0.15) is 0 Å². The summed E-state index contributed by atoms with van der Waals surface area (Å²) < 4.78 is 0. The summed E-state index contributed by atoms with van der Waals surface area (Å²) >= 11 is 0. The zero-order chi connectivity index (χ0) is 14.3. The molecule has 0 bridgehead atoms. The van der Waals surface area contributed by atoms with Crippen LogP contribution in [-0.4, -0.2) is 203 Å². The fraction of sp³-hybridized carbons (Fsp3) is 0. The van der Waals surface area contributed by atoms with Crippen molar-refractivity contribution in [1.82, 2.24) is 0 Å². The first-order valence-corrected chi connectivity index (χ1v) is 3.10. The van der Waals surface area contributed by atoms with Crippen molar-refractivity contribution in [1.29, 1.82) is 0 Å². The zero-order valence-electron chi connectivity index (χ0n) is 12.7. The maximum atomic E-state index is 7.17. The Morgan fingerprint density at radius 3 is 0.214 bits per heavy atom. The monoisotopic (exact) mass is 476 g/mol. The molecule has 180 valence electrons. The molecule has 0 unspecified atom stereocenters. The average Bonchev–Trinajstić information content (AvgIpc) is 1.76. The number of hydrogen-bond acceptors (Lipinski definition) is 12. The van der Waals surface area contributed by atoms with E-state index >= 15 is 0 Å². The minimum atomic E-state index is -2.17. The van der Waals surface area contributed by atoms with Gasteiger partial charge in [-0.3, -0.25) is 0 Å². The molecule has 0 aliphatic heterocycles. The summed E-state index contributed by atoms with van der Waals surface area (Å²) in [5.41, 5.74) is 0. The van der Waals surface area contributed by atoms with Crippen LogP contribution in [-0.2, 0) is 0 Å². The van der Waals surface area contributed by atoms with Gasteiger partial charge in [-0.05, 0) is 0 Å². The summed E-state index contributed by atoms with van der Waals surface area (Å²) in [6, 6.07) is 0. The Morgan fingerprint density at radius 1 is 0.214 bits per heavy atom. The molecule has 0 amide bonds. The molecule has 0 radical (unpaired) electrons. The summed E-state index contributed by atoms with van der Waals surface area (Å²) in [5, 5.41) is 86.0. The van der Waals surface area contributed by atoms with E-state index in [0.29, 0.717) is 0 Å². The maximum absolute atomic E-state index is 7.17. The first-order valence-electron chi connectivity index (χ1n) is 3.10. The molecule has 0 aliphatic carbocycles. The van der Waals surface area contributed by atoms with Gasteiger partial charge in [-0.25, -0.2) is 0 Å². The molecule has 0 aromatic heterocycles. The van der Waals surface area contributed by atoms with Crippen molar-refractivity contribution in [2.75, 3.05) is 0 Å². The fourth-order valence-electron chi connectivity index (χ4n) is 0. The summed E-state index contributed by atoms with van der Waals surface area (Å²) in [6.45, 7) is 0. The molecule has 22 nitrogen and oxygen atoms in total. The minimum absolute atomic E-state index is 0. The summed E-state index contributed by atoms with van der Waals surface area (Å²) in [7, 11) is -8.67. The van der Waals surface area contributed by atoms with Crippen LogP contribution in [0.2, 0.25) is 0 Å². The molecule has 0 saturated carbocycles. The molecular formula is H34B4Na2O22. The second kappa shape index (κ2) is 119. The van der Waals surface area contributed by atoms with Gasteiger partial charge >= 0.3 is 88.4 Å². The Labute approximate surface area is 202 Å². The van der Waals surface area contributed by atoms with E-state index in [1.165, 1.54) is 0 Å². The first kappa shape index (κ1) is 132. The van der Waals surface area contributed by atoms with E-state index in [1.807, 2.05) is 0 Å². The number of rotatable bonds is 0. The molecule has 0 fully saturated rings. The SMILES string of the molecule is O.O.O.O.O.O.O.O.O.O.OB(O)O.OB(O)O.OB(O)O.OB(O)O.[NaH].[NaH]. The van der Waals surface area contributed by atoms with Crippen molar-refractivity contribution in [3.63, 3.8) is 0 Å². The molecule has 0 saturated heterocycles. The molecule has 0 aromatic rings. The van der Waals surface area contributed by atoms with Gasteiger partial charge in [0.2, 0.25) is 0 Å². The van der Waals surface area contributed by atoms with Crippen molar-refractivity contribution in [3.05, 3.63) is 0 Å². The van der Waals surface area contributed by atoms with E-state index in [-0.39, 0.29) is 114 Å². The Hall–Kier alpha value is 1.38. The van der Waals surface area contributed by atoms with Crippen LogP contribution in [0.3, 0.4) is 0 Å². The Kier molecular flexibility index (Phi) is 561. The molecule has 28 heteroatoms. The van der Waals surface area contributed by atoms with Crippen molar-refractivity contribution < 1.29 is 115 Å². The molecule has 32 N–H and O–H groups in total. The van der Waals surface area contributed by atoms with Gasteiger partial charge in [-0.2, -0.15) is 0 Å². The predicted molar refractivity (Wildman–Crippen MR) is 100 cm³/mol. The molecule has 0 rings (SSSR count). The molecular weight excluding hydrogens is 441 g/mol. The topological polar surface area (TPSA) is 558 Å². The first-order chi connectivity index (χ1) is 6.93. The molecule has 0 atom stereocenters. The Balaban J connectivity index is -0.00000000429. The van der Waals surface area contributed by atoms with Crippen LogP contribution in [0.4, 0.5) is 0 Å². The van der Waals surface area contributed by atoms with Gasteiger partial charge in [0.05, 0.1) is 0 Å². The van der Waals surface area contributed by atoms with Crippen LogP contribution in [0, 0.1) is 0 Å². The van der Waals surface area contributed by atoms with E-state index < -0.39 is 29.3 Å². The van der Waals surface area contributed by atoms with Crippen LogP contribution >= 0.6 is 0 Å². The quantitative estimate of drug-likeness (QED) is 0.145. The second-order valence-corrected chi connectivity index (χ2v) is 1.39. The van der Waals surface area contributed by atoms with E-state index in [2.05, 4.69) is 0 Å². The van der Waals surface area contributed by atoms with Crippen molar-refractivity contribution >= 4 is 88.4 Å². The third-order valence-electron chi connectivity index (χ3n) is 0. The molecule has 0 heterocycles. The number of hydrogen-bond donors (Lipinski definition) is 12. The van der Waals surface area contributed by atoms with Gasteiger partial charge in [0.25, 0.3) is 0 Å². The van der Waals surface area contributed by atoms with Crippen LogP contribution < -0.4 is 0 Å². The van der Waals surface area contributed by atoms with E-state index in [4.69, 9.17) is 60.3 Å². The summed E-state index contributed by atoms with van der Waals surface area (Å²) in [5.74, 6) is 0.